The average molecular weight is 287 g/mol. The van der Waals surface area contributed by atoms with Crippen LogP contribution in [0.15, 0.2) is 0 Å². The number of nitrogens with zero attached hydrogens (tertiary/aromatic N) is 1. The molecular formula is C13H25NO4Si. The first kappa shape index (κ1) is 16.2. The molecule has 1 heterocycles. The van der Waals surface area contributed by atoms with Crippen molar-refractivity contribution in [1.82, 2.24) is 5.06 Å². The molecule has 19 heavy (non-hydrogen) atoms. The summed E-state index contributed by atoms with van der Waals surface area (Å²) in [5, 5.41) is 1.22. The van der Waals surface area contributed by atoms with E-state index < -0.39 is 14.3 Å². The molecule has 0 aromatic carbocycles. The molecule has 0 aromatic heterocycles. The van der Waals surface area contributed by atoms with Gasteiger partial charge in [0.1, 0.15) is 0 Å². The predicted octanol–water partition coefficient (Wildman–Crippen LogP) is 2.33. The van der Waals surface area contributed by atoms with E-state index >= 15 is 0 Å². The highest BCUT2D eigenvalue weighted by atomic mass is 28.4. The van der Waals surface area contributed by atoms with Crippen LogP contribution in [0.25, 0.3) is 0 Å². The van der Waals surface area contributed by atoms with Gasteiger partial charge >= 0.3 is 5.97 Å². The summed E-state index contributed by atoms with van der Waals surface area (Å²) in [5.41, 5.74) is 0. The molecule has 0 aliphatic carbocycles. The normalized spacial score (nSPS) is 21.9. The van der Waals surface area contributed by atoms with E-state index in [9.17, 15) is 9.59 Å². The Morgan fingerprint density at radius 1 is 1.42 bits per heavy atom. The van der Waals surface area contributed by atoms with Crippen molar-refractivity contribution in [3.8, 4) is 0 Å². The average Bonchev–Trinajstić information content (AvgIpc) is 2.20. The first-order chi connectivity index (χ1) is 8.45. The summed E-state index contributed by atoms with van der Waals surface area (Å²) >= 11 is 0. The molecule has 0 bridgehead atoms. The fourth-order valence-corrected chi connectivity index (χ4v) is 3.18. The molecule has 0 saturated carbocycles. The molecule has 5 nitrogen and oxygen atoms in total. The topological polar surface area (TPSA) is 55.8 Å². The van der Waals surface area contributed by atoms with Crippen LogP contribution >= 0.6 is 0 Å². The van der Waals surface area contributed by atoms with Gasteiger partial charge in [0.25, 0.3) is 5.91 Å². The first-order valence-electron chi connectivity index (χ1n) is 6.63. The Kier molecular flexibility index (Phi) is 4.46. The van der Waals surface area contributed by atoms with Crippen molar-refractivity contribution < 1.29 is 18.9 Å². The Morgan fingerprint density at radius 2 is 1.95 bits per heavy atom. The second-order valence-electron chi connectivity index (χ2n) is 6.67. The monoisotopic (exact) mass is 287 g/mol. The van der Waals surface area contributed by atoms with E-state index in [0.29, 0.717) is 6.54 Å². The lowest BCUT2D eigenvalue weighted by molar-refractivity contribution is -0.224. The summed E-state index contributed by atoms with van der Waals surface area (Å²) in [6.45, 7) is 14.5. The summed E-state index contributed by atoms with van der Waals surface area (Å²) in [6.07, 6.45) is -0.139. The smallest absolute Gasteiger partial charge is 0.329 e. The Bertz CT molecular complexity index is 375. The second-order valence-corrected chi connectivity index (χ2v) is 11.4. The van der Waals surface area contributed by atoms with Gasteiger partial charge in [-0.2, -0.15) is 5.06 Å². The fourth-order valence-electron chi connectivity index (χ4n) is 1.73. The molecule has 0 N–H and O–H groups in total. The molecular weight excluding hydrogens is 262 g/mol. The van der Waals surface area contributed by atoms with E-state index in [1.807, 2.05) is 6.92 Å². The summed E-state index contributed by atoms with van der Waals surface area (Å²) < 4.78 is 6.18. The third kappa shape index (κ3) is 3.57. The Hall–Kier alpha value is -0.883. The van der Waals surface area contributed by atoms with Crippen LogP contribution < -0.4 is 0 Å². The number of carbonyl (C=O) groups is 2. The predicted molar refractivity (Wildman–Crippen MR) is 74.7 cm³/mol. The van der Waals surface area contributed by atoms with Crippen molar-refractivity contribution in [2.75, 3.05) is 6.54 Å². The van der Waals surface area contributed by atoms with Crippen LogP contribution in [0.5, 0.6) is 0 Å². The minimum atomic E-state index is -1.88. The minimum absolute atomic E-state index is 0.115. The number of hydrogen-bond acceptors (Lipinski definition) is 4. The molecule has 1 amide bonds. The Labute approximate surface area is 116 Å². The fraction of sp³-hybridized carbons (Fsp3) is 0.846. The van der Waals surface area contributed by atoms with Crippen molar-refractivity contribution in [3.63, 3.8) is 0 Å². The highest BCUT2D eigenvalue weighted by Gasteiger charge is 2.47. The third-order valence-electron chi connectivity index (χ3n) is 4.02. The molecule has 0 radical (unpaired) electrons. The van der Waals surface area contributed by atoms with E-state index in [1.54, 1.807) is 0 Å². The molecule has 0 spiro atoms. The molecule has 0 aromatic rings. The molecule has 6 heteroatoms. The zero-order valence-electron chi connectivity index (χ0n) is 12.9. The quantitative estimate of drug-likeness (QED) is 0.588. The maximum Gasteiger partial charge on any atom is 0.329 e. The number of carbonyl (C=O) groups excluding carboxylic acids is 2. The zero-order valence-corrected chi connectivity index (χ0v) is 13.9. The number of amides is 1. The van der Waals surface area contributed by atoms with Gasteiger partial charge in [0.2, 0.25) is 0 Å². The zero-order chi connectivity index (χ0) is 15.0. The van der Waals surface area contributed by atoms with Crippen molar-refractivity contribution in [2.45, 2.75) is 58.9 Å². The summed E-state index contributed by atoms with van der Waals surface area (Å²) in [6, 6.07) is 0. The van der Waals surface area contributed by atoms with E-state index in [4.69, 9.17) is 9.26 Å². The van der Waals surface area contributed by atoms with Gasteiger partial charge in [0.15, 0.2) is 8.32 Å². The van der Waals surface area contributed by atoms with Crippen molar-refractivity contribution in [3.05, 3.63) is 0 Å². The summed E-state index contributed by atoms with van der Waals surface area (Å²) in [7, 11) is -1.88. The van der Waals surface area contributed by atoms with E-state index in [-0.39, 0.29) is 23.0 Å². The van der Waals surface area contributed by atoms with Crippen molar-refractivity contribution in [2.24, 2.45) is 5.92 Å². The first-order valence-corrected chi connectivity index (χ1v) is 9.54. The van der Waals surface area contributed by atoms with E-state index in [0.717, 1.165) is 5.06 Å². The largest absolute Gasteiger partial charge is 0.413 e. The lowest BCUT2D eigenvalue weighted by Gasteiger charge is -2.44. The molecule has 110 valence electrons. The van der Waals surface area contributed by atoms with Crippen molar-refractivity contribution >= 4 is 20.2 Å². The van der Waals surface area contributed by atoms with Gasteiger partial charge in [-0.15, -0.1) is 0 Å². The van der Waals surface area contributed by atoms with Crippen LogP contribution in [-0.4, -0.2) is 37.9 Å². The molecule has 1 aliphatic rings. The van der Waals surface area contributed by atoms with Crippen LogP contribution in [0.1, 0.15) is 34.6 Å². The minimum Gasteiger partial charge on any atom is -0.413 e. The standard InChI is InChI=1S/C13H25NO4Si/c1-9(18-19(6,7)13(3,4)5)11-8-14(12(11)16)17-10(2)15/h9,11H,8H2,1-7H3/t9-,11-/m1/s1. The maximum absolute atomic E-state index is 11.9. The molecule has 1 aliphatic heterocycles. The Morgan fingerprint density at radius 3 is 2.32 bits per heavy atom. The van der Waals surface area contributed by atoms with Gasteiger partial charge in [-0.1, -0.05) is 20.8 Å². The Balaban J connectivity index is 2.56. The van der Waals surface area contributed by atoms with Gasteiger partial charge in [-0.05, 0) is 25.1 Å². The molecule has 0 unspecified atom stereocenters. The molecule has 1 fully saturated rings. The maximum atomic E-state index is 11.9. The van der Waals surface area contributed by atoms with E-state index in [2.05, 4.69) is 33.9 Å². The molecule has 1 rings (SSSR count). The van der Waals surface area contributed by atoms with Crippen molar-refractivity contribution in [1.29, 1.82) is 0 Å². The van der Waals surface area contributed by atoms with Crippen LogP contribution in [0, 0.1) is 5.92 Å². The lowest BCUT2D eigenvalue weighted by Crippen LogP contribution is -2.59. The van der Waals surface area contributed by atoms with Crippen LogP contribution in [0.2, 0.25) is 18.1 Å². The van der Waals surface area contributed by atoms with Crippen LogP contribution in [0.3, 0.4) is 0 Å². The van der Waals surface area contributed by atoms with Gasteiger partial charge in [0.05, 0.1) is 18.6 Å². The number of β-lactam (4-membered cyclic amide) rings is 1. The van der Waals surface area contributed by atoms with Gasteiger partial charge in [-0.25, -0.2) is 0 Å². The lowest BCUT2D eigenvalue weighted by atomic mass is 9.96. The third-order valence-corrected chi connectivity index (χ3v) is 8.59. The van der Waals surface area contributed by atoms with E-state index in [1.165, 1.54) is 6.92 Å². The second kappa shape index (κ2) is 5.24. The molecule has 2 atom stereocenters. The summed E-state index contributed by atoms with van der Waals surface area (Å²) in [5.74, 6) is -0.834. The summed E-state index contributed by atoms with van der Waals surface area (Å²) in [4.78, 5) is 27.4. The highest BCUT2D eigenvalue weighted by Crippen LogP contribution is 2.39. The van der Waals surface area contributed by atoms with Crippen LogP contribution in [0.4, 0.5) is 0 Å². The molecule has 1 saturated heterocycles. The van der Waals surface area contributed by atoms with Gasteiger partial charge < -0.3 is 9.26 Å². The number of rotatable bonds is 4. The van der Waals surface area contributed by atoms with Gasteiger partial charge in [-0.3, -0.25) is 9.59 Å². The van der Waals surface area contributed by atoms with Crippen LogP contribution in [-0.2, 0) is 18.9 Å². The SMILES string of the molecule is CC(=O)ON1C[C@H]([C@@H](C)O[Si](C)(C)C(C)(C)C)C1=O. The number of hydroxylamine groups is 2. The number of hydrogen-bond donors (Lipinski definition) is 0. The van der Waals surface area contributed by atoms with Gasteiger partial charge in [0, 0.05) is 6.92 Å². The highest BCUT2D eigenvalue weighted by molar-refractivity contribution is 6.74.